The van der Waals surface area contributed by atoms with Crippen molar-refractivity contribution in [3.63, 3.8) is 0 Å². The first-order valence-corrected chi connectivity index (χ1v) is 11.5. The van der Waals surface area contributed by atoms with Crippen LogP contribution in [0.5, 0.6) is 0 Å². The van der Waals surface area contributed by atoms with Gasteiger partial charge in [0.1, 0.15) is 5.82 Å². The Labute approximate surface area is 177 Å². The van der Waals surface area contributed by atoms with Crippen molar-refractivity contribution < 1.29 is 8.42 Å². The van der Waals surface area contributed by atoms with E-state index < -0.39 is 10.0 Å². The van der Waals surface area contributed by atoms with Crippen molar-refractivity contribution in [3.05, 3.63) is 58.9 Å². The highest BCUT2D eigenvalue weighted by molar-refractivity contribution is 7.89. The fourth-order valence-corrected chi connectivity index (χ4v) is 4.54. The van der Waals surface area contributed by atoms with Crippen LogP contribution in [-0.4, -0.2) is 36.4 Å². The Hall–Kier alpha value is -1.93. The zero-order valence-electron chi connectivity index (χ0n) is 17.2. The summed E-state index contributed by atoms with van der Waals surface area (Å²) in [5.41, 5.74) is 2.65. The summed E-state index contributed by atoms with van der Waals surface area (Å²) < 4.78 is 28.3. The average Bonchev–Trinajstić information content (AvgIpc) is 3.03. The summed E-state index contributed by atoms with van der Waals surface area (Å²) in [5, 5.41) is 4.21. The van der Waals surface area contributed by atoms with Crippen LogP contribution in [0.4, 0.5) is 0 Å². The zero-order chi connectivity index (χ0) is 21.2. The van der Waals surface area contributed by atoms with Crippen LogP contribution in [0.2, 0.25) is 5.02 Å². The number of nitrogens with one attached hydrogen (secondary N) is 1. The van der Waals surface area contributed by atoms with Crippen LogP contribution in [0.1, 0.15) is 37.7 Å². The molecule has 0 bridgehead atoms. The van der Waals surface area contributed by atoms with Crippen molar-refractivity contribution >= 4 is 32.7 Å². The number of benzene rings is 2. The van der Waals surface area contributed by atoms with Crippen LogP contribution in [0, 0.1) is 0 Å². The lowest BCUT2D eigenvalue weighted by atomic mass is 10.1. The van der Waals surface area contributed by atoms with E-state index >= 15 is 0 Å². The van der Waals surface area contributed by atoms with E-state index in [9.17, 15) is 8.42 Å². The van der Waals surface area contributed by atoms with Crippen LogP contribution >= 0.6 is 11.6 Å². The minimum Gasteiger partial charge on any atom is -0.327 e. The van der Waals surface area contributed by atoms with E-state index in [4.69, 9.17) is 16.6 Å². The van der Waals surface area contributed by atoms with E-state index in [0.29, 0.717) is 12.1 Å². The van der Waals surface area contributed by atoms with Crippen LogP contribution in [0.3, 0.4) is 0 Å². The summed E-state index contributed by atoms with van der Waals surface area (Å²) in [4.78, 5) is 4.99. The van der Waals surface area contributed by atoms with Gasteiger partial charge in [-0.1, -0.05) is 36.7 Å². The molecule has 3 rings (SSSR count). The predicted octanol–water partition coefficient (Wildman–Crippen LogP) is 4.20. The number of nitrogens with zero attached hydrogens (tertiary/aromatic N) is 3. The molecule has 1 N–H and O–H groups in total. The Bertz CT molecular complexity index is 1110. The number of rotatable bonds is 8. The second-order valence-corrected chi connectivity index (χ2v) is 9.80. The van der Waals surface area contributed by atoms with E-state index in [0.717, 1.165) is 34.9 Å². The zero-order valence-corrected chi connectivity index (χ0v) is 18.8. The minimum atomic E-state index is -3.50. The Kier molecular flexibility index (Phi) is 6.63. The topological polar surface area (TPSA) is 67.2 Å². The fourth-order valence-electron chi connectivity index (χ4n) is 3.32. The van der Waals surface area contributed by atoms with Crippen LogP contribution in [0.25, 0.3) is 11.0 Å². The van der Waals surface area contributed by atoms with Gasteiger partial charge >= 0.3 is 0 Å². The van der Waals surface area contributed by atoms with Gasteiger partial charge in [-0.3, -0.25) is 0 Å². The van der Waals surface area contributed by atoms with Gasteiger partial charge in [0, 0.05) is 31.7 Å². The first-order valence-electron chi connectivity index (χ1n) is 9.65. The molecule has 1 heterocycles. The molecule has 156 valence electrons. The maximum Gasteiger partial charge on any atom is 0.242 e. The lowest BCUT2D eigenvalue weighted by molar-refractivity contribution is 0.521. The van der Waals surface area contributed by atoms with Crippen molar-refractivity contribution in [2.24, 2.45) is 0 Å². The molecule has 1 atom stereocenters. The van der Waals surface area contributed by atoms with Gasteiger partial charge in [-0.2, -0.15) is 0 Å². The molecule has 1 unspecified atom stereocenters. The number of halogens is 1. The van der Waals surface area contributed by atoms with Crippen LogP contribution < -0.4 is 5.32 Å². The van der Waals surface area contributed by atoms with E-state index in [2.05, 4.69) is 23.7 Å². The molecule has 6 nitrogen and oxygen atoms in total. The van der Waals surface area contributed by atoms with E-state index in [1.54, 1.807) is 12.1 Å². The normalized spacial score (nSPS) is 13.3. The highest BCUT2D eigenvalue weighted by atomic mass is 35.5. The highest BCUT2D eigenvalue weighted by Crippen LogP contribution is 2.25. The first kappa shape index (κ1) is 21.8. The van der Waals surface area contributed by atoms with Gasteiger partial charge in [0.25, 0.3) is 0 Å². The number of hydrogen-bond donors (Lipinski definition) is 1. The maximum absolute atomic E-state index is 12.5. The van der Waals surface area contributed by atoms with Crippen LogP contribution in [-0.2, 0) is 23.1 Å². The second-order valence-electron chi connectivity index (χ2n) is 7.24. The number of fused-ring (bicyclic) bond motifs is 1. The SMILES string of the molecule is CCCn1c(CNC(C)c2ccccc2Cl)nc2cc(S(=O)(=O)N(C)C)ccc21. The van der Waals surface area contributed by atoms with Gasteiger partial charge in [-0.05, 0) is 43.2 Å². The van der Waals surface area contributed by atoms with E-state index in [1.807, 2.05) is 30.3 Å². The lowest BCUT2D eigenvalue weighted by Crippen LogP contribution is -2.22. The molecule has 3 aromatic rings. The van der Waals surface area contributed by atoms with E-state index in [-0.39, 0.29) is 10.9 Å². The smallest absolute Gasteiger partial charge is 0.242 e. The van der Waals surface area contributed by atoms with Crippen LogP contribution in [0.15, 0.2) is 47.4 Å². The Morgan fingerprint density at radius 3 is 2.59 bits per heavy atom. The fraction of sp³-hybridized carbons (Fsp3) is 0.381. The second kappa shape index (κ2) is 8.83. The monoisotopic (exact) mass is 434 g/mol. The molecule has 0 radical (unpaired) electrons. The summed E-state index contributed by atoms with van der Waals surface area (Å²) in [5.74, 6) is 0.875. The molecule has 2 aromatic carbocycles. The third-order valence-corrected chi connectivity index (χ3v) is 7.12. The van der Waals surface area contributed by atoms with Crippen molar-refractivity contribution in [3.8, 4) is 0 Å². The standard InChI is InChI=1S/C21H27ClN4O2S/c1-5-12-26-20-11-10-16(29(27,28)25(3)4)13-19(20)24-21(26)14-23-15(2)17-8-6-7-9-18(17)22/h6-11,13,15,23H,5,12,14H2,1-4H3. The summed E-state index contributed by atoms with van der Waals surface area (Å²) in [6, 6.07) is 13.0. The van der Waals surface area contributed by atoms with Gasteiger partial charge < -0.3 is 9.88 Å². The van der Waals surface area contributed by atoms with Gasteiger partial charge in [-0.15, -0.1) is 0 Å². The molecule has 0 spiro atoms. The molecule has 0 aliphatic carbocycles. The molecule has 1 aromatic heterocycles. The van der Waals surface area contributed by atoms with Crippen molar-refractivity contribution in [2.75, 3.05) is 14.1 Å². The summed E-state index contributed by atoms with van der Waals surface area (Å²) >= 11 is 6.31. The maximum atomic E-state index is 12.5. The Balaban J connectivity index is 1.92. The third kappa shape index (κ3) is 4.48. The molecule has 0 aliphatic heterocycles. The molecule has 8 heteroatoms. The molecule has 29 heavy (non-hydrogen) atoms. The summed E-state index contributed by atoms with van der Waals surface area (Å²) in [6.07, 6.45) is 0.955. The summed E-state index contributed by atoms with van der Waals surface area (Å²) in [7, 11) is -0.440. The number of hydrogen-bond acceptors (Lipinski definition) is 4. The summed E-state index contributed by atoms with van der Waals surface area (Å²) in [6.45, 7) is 5.54. The molecular formula is C21H27ClN4O2S. The highest BCUT2D eigenvalue weighted by Gasteiger charge is 2.20. The predicted molar refractivity (Wildman–Crippen MR) is 118 cm³/mol. The van der Waals surface area contributed by atoms with E-state index in [1.165, 1.54) is 18.4 Å². The molecular weight excluding hydrogens is 408 g/mol. The minimum absolute atomic E-state index is 0.0586. The number of imidazole rings is 1. The molecule has 0 saturated heterocycles. The molecule has 0 amide bonds. The van der Waals surface area contributed by atoms with Crippen molar-refractivity contribution in [2.45, 2.75) is 44.3 Å². The van der Waals surface area contributed by atoms with Gasteiger partial charge in [0.2, 0.25) is 10.0 Å². The molecule has 0 saturated carbocycles. The number of aromatic nitrogens is 2. The van der Waals surface area contributed by atoms with Gasteiger partial charge in [0.05, 0.1) is 22.5 Å². The first-order chi connectivity index (χ1) is 13.8. The lowest BCUT2D eigenvalue weighted by Gasteiger charge is -2.16. The largest absolute Gasteiger partial charge is 0.327 e. The molecule has 0 aliphatic rings. The van der Waals surface area contributed by atoms with Crippen molar-refractivity contribution in [1.29, 1.82) is 0 Å². The Morgan fingerprint density at radius 2 is 1.93 bits per heavy atom. The van der Waals surface area contributed by atoms with Gasteiger partial charge in [-0.25, -0.2) is 17.7 Å². The van der Waals surface area contributed by atoms with Crippen molar-refractivity contribution in [1.82, 2.24) is 19.2 Å². The Morgan fingerprint density at radius 1 is 1.21 bits per heavy atom. The quantitative estimate of drug-likeness (QED) is 0.577. The third-order valence-electron chi connectivity index (χ3n) is 4.96. The van der Waals surface area contributed by atoms with Gasteiger partial charge in [0.15, 0.2) is 0 Å². The number of aryl methyl sites for hydroxylation is 1. The molecule has 0 fully saturated rings. The average molecular weight is 435 g/mol. The number of sulfonamides is 1.